The van der Waals surface area contributed by atoms with E-state index in [9.17, 15) is 18.0 Å². The van der Waals surface area contributed by atoms with Gasteiger partial charge in [-0.3, -0.25) is 4.79 Å². The summed E-state index contributed by atoms with van der Waals surface area (Å²) in [6.07, 6.45) is -4.46. The first-order valence-electron chi connectivity index (χ1n) is 7.37. The molecule has 0 saturated carbocycles. The van der Waals surface area contributed by atoms with Gasteiger partial charge in [0, 0.05) is 18.7 Å². The number of alkyl halides is 3. The molecule has 0 aliphatic rings. The third-order valence-corrected chi connectivity index (χ3v) is 3.50. The first-order chi connectivity index (χ1) is 11.3. The van der Waals surface area contributed by atoms with E-state index < -0.39 is 17.6 Å². The molecule has 2 N–H and O–H groups in total. The fourth-order valence-electron chi connectivity index (χ4n) is 2.21. The van der Waals surface area contributed by atoms with Crippen LogP contribution in [0.3, 0.4) is 0 Å². The monoisotopic (exact) mass is 338 g/mol. The van der Waals surface area contributed by atoms with Crippen LogP contribution in [0, 0.1) is 0 Å². The van der Waals surface area contributed by atoms with Gasteiger partial charge < -0.3 is 10.6 Å². The molecule has 0 radical (unpaired) electrons. The van der Waals surface area contributed by atoms with E-state index in [4.69, 9.17) is 5.73 Å². The minimum atomic E-state index is -4.46. The second-order valence-corrected chi connectivity index (χ2v) is 5.05. The fourth-order valence-corrected chi connectivity index (χ4v) is 2.21. The molecule has 1 aromatic heterocycles. The Balaban J connectivity index is 2.59. The van der Waals surface area contributed by atoms with Crippen LogP contribution in [0.2, 0.25) is 0 Å². The third-order valence-electron chi connectivity index (χ3n) is 3.50. The number of carbonyl (C=O) groups is 1. The number of anilines is 1. The van der Waals surface area contributed by atoms with Gasteiger partial charge in [0.15, 0.2) is 0 Å². The molecule has 1 amide bonds. The van der Waals surface area contributed by atoms with Crippen molar-refractivity contribution in [1.82, 2.24) is 9.97 Å². The van der Waals surface area contributed by atoms with Gasteiger partial charge in [-0.25, -0.2) is 9.97 Å². The number of nitrogens with two attached hydrogens (primary N) is 1. The predicted molar refractivity (Wildman–Crippen MR) is 84.5 cm³/mol. The van der Waals surface area contributed by atoms with E-state index in [-0.39, 0.29) is 22.9 Å². The molecule has 0 aliphatic carbocycles. The molecule has 0 atom stereocenters. The highest BCUT2D eigenvalue weighted by Gasteiger charge is 2.30. The highest BCUT2D eigenvalue weighted by atomic mass is 19.4. The highest BCUT2D eigenvalue weighted by Crippen LogP contribution is 2.32. The standard InChI is InChI=1S/C16H17F3N4O/c1-3-23(4-2)15-21-12(9-13(22-15)14(20)24)10-6-5-7-11(8-10)16(17,18)19/h5-9H,3-4H2,1-2H3,(H2,20,24). The quantitative estimate of drug-likeness (QED) is 0.909. The van der Waals surface area contributed by atoms with Gasteiger partial charge in [-0.2, -0.15) is 13.2 Å². The maximum Gasteiger partial charge on any atom is 0.416 e. The molecule has 1 heterocycles. The van der Waals surface area contributed by atoms with Crippen LogP contribution in [0.1, 0.15) is 29.9 Å². The minimum Gasteiger partial charge on any atom is -0.364 e. The Hall–Kier alpha value is -2.64. The van der Waals surface area contributed by atoms with Gasteiger partial charge in [-0.15, -0.1) is 0 Å². The van der Waals surface area contributed by atoms with Crippen molar-refractivity contribution < 1.29 is 18.0 Å². The highest BCUT2D eigenvalue weighted by molar-refractivity contribution is 5.92. The maximum atomic E-state index is 12.9. The van der Waals surface area contributed by atoms with Crippen LogP contribution in [0.15, 0.2) is 30.3 Å². The van der Waals surface area contributed by atoms with Crippen LogP contribution in [-0.2, 0) is 6.18 Å². The van der Waals surface area contributed by atoms with Crippen molar-refractivity contribution in [2.45, 2.75) is 20.0 Å². The molecule has 8 heteroatoms. The summed E-state index contributed by atoms with van der Waals surface area (Å²) in [5, 5.41) is 0. The van der Waals surface area contributed by atoms with Crippen LogP contribution < -0.4 is 10.6 Å². The minimum absolute atomic E-state index is 0.0423. The van der Waals surface area contributed by atoms with Crippen LogP contribution in [-0.4, -0.2) is 29.0 Å². The van der Waals surface area contributed by atoms with Gasteiger partial charge in [0.2, 0.25) is 5.95 Å². The van der Waals surface area contributed by atoms with Gasteiger partial charge in [0.05, 0.1) is 11.3 Å². The Kier molecular flexibility index (Phi) is 5.06. The van der Waals surface area contributed by atoms with Crippen LogP contribution in [0.5, 0.6) is 0 Å². The van der Waals surface area contributed by atoms with E-state index in [1.165, 1.54) is 18.2 Å². The van der Waals surface area contributed by atoms with E-state index in [1.807, 2.05) is 13.8 Å². The van der Waals surface area contributed by atoms with E-state index in [0.29, 0.717) is 13.1 Å². The van der Waals surface area contributed by atoms with Crippen molar-refractivity contribution in [3.63, 3.8) is 0 Å². The van der Waals surface area contributed by atoms with Gasteiger partial charge in [0.25, 0.3) is 5.91 Å². The summed E-state index contributed by atoms with van der Waals surface area (Å²) in [6.45, 7) is 4.93. The molecule has 0 spiro atoms. The van der Waals surface area contributed by atoms with Gasteiger partial charge in [0.1, 0.15) is 5.69 Å². The SMILES string of the molecule is CCN(CC)c1nc(C(N)=O)cc(-c2cccc(C(F)(F)F)c2)n1. The van der Waals surface area contributed by atoms with Crippen LogP contribution in [0.25, 0.3) is 11.3 Å². The molecular formula is C16H17F3N4O. The lowest BCUT2D eigenvalue weighted by Gasteiger charge is -2.19. The van der Waals surface area contributed by atoms with Crippen molar-refractivity contribution >= 4 is 11.9 Å². The number of carbonyl (C=O) groups excluding carboxylic acids is 1. The number of aromatic nitrogens is 2. The van der Waals surface area contributed by atoms with E-state index in [2.05, 4.69) is 9.97 Å². The van der Waals surface area contributed by atoms with Gasteiger partial charge >= 0.3 is 6.18 Å². The zero-order valence-electron chi connectivity index (χ0n) is 13.3. The molecule has 128 valence electrons. The molecular weight excluding hydrogens is 321 g/mol. The summed E-state index contributed by atoms with van der Waals surface area (Å²) in [4.78, 5) is 21.7. The fraction of sp³-hybridized carbons (Fsp3) is 0.312. The molecule has 0 aliphatic heterocycles. The molecule has 1 aromatic carbocycles. The topological polar surface area (TPSA) is 72.1 Å². The molecule has 0 bridgehead atoms. The largest absolute Gasteiger partial charge is 0.416 e. The normalized spacial score (nSPS) is 11.4. The Bertz CT molecular complexity index is 742. The zero-order chi connectivity index (χ0) is 17.9. The second kappa shape index (κ2) is 6.86. The third kappa shape index (κ3) is 3.81. The number of primary amides is 1. The lowest BCUT2D eigenvalue weighted by molar-refractivity contribution is -0.137. The predicted octanol–water partition coefficient (Wildman–Crippen LogP) is 3.11. The number of amides is 1. The smallest absolute Gasteiger partial charge is 0.364 e. The average molecular weight is 338 g/mol. The van der Waals surface area contributed by atoms with Crippen molar-refractivity contribution in [3.05, 3.63) is 41.6 Å². The number of benzene rings is 1. The molecule has 0 saturated heterocycles. The van der Waals surface area contributed by atoms with E-state index >= 15 is 0 Å². The van der Waals surface area contributed by atoms with Crippen molar-refractivity contribution in [3.8, 4) is 11.3 Å². The summed E-state index contributed by atoms with van der Waals surface area (Å²) < 4.78 is 38.7. The van der Waals surface area contributed by atoms with Gasteiger partial charge in [-0.1, -0.05) is 12.1 Å². The average Bonchev–Trinajstić information content (AvgIpc) is 2.55. The van der Waals surface area contributed by atoms with Gasteiger partial charge in [-0.05, 0) is 32.0 Å². The molecule has 2 aromatic rings. The van der Waals surface area contributed by atoms with E-state index in [1.54, 1.807) is 4.90 Å². The Labute approximate surface area is 137 Å². The Morgan fingerprint density at radius 2 is 1.83 bits per heavy atom. The summed E-state index contributed by atoms with van der Waals surface area (Å²) in [5.41, 5.74) is 4.91. The van der Waals surface area contributed by atoms with E-state index in [0.717, 1.165) is 12.1 Å². The second-order valence-electron chi connectivity index (χ2n) is 5.05. The number of halogens is 3. The van der Waals surface area contributed by atoms with Crippen LogP contribution >= 0.6 is 0 Å². The first-order valence-corrected chi connectivity index (χ1v) is 7.37. The summed E-state index contributed by atoms with van der Waals surface area (Å²) >= 11 is 0. The van der Waals surface area contributed by atoms with Crippen LogP contribution in [0.4, 0.5) is 19.1 Å². The number of hydrogen-bond acceptors (Lipinski definition) is 4. The zero-order valence-corrected chi connectivity index (χ0v) is 13.3. The molecule has 5 nitrogen and oxygen atoms in total. The Morgan fingerprint density at radius 3 is 2.38 bits per heavy atom. The molecule has 2 rings (SSSR count). The molecule has 0 unspecified atom stereocenters. The molecule has 0 fully saturated rings. The molecule has 24 heavy (non-hydrogen) atoms. The lowest BCUT2D eigenvalue weighted by Crippen LogP contribution is -2.26. The maximum absolute atomic E-state index is 12.9. The lowest BCUT2D eigenvalue weighted by atomic mass is 10.1. The number of rotatable bonds is 5. The summed E-state index contributed by atoms with van der Waals surface area (Å²) in [5.74, 6) is -0.511. The summed E-state index contributed by atoms with van der Waals surface area (Å²) in [6, 6.07) is 6.05. The van der Waals surface area contributed by atoms with Crippen molar-refractivity contribution in [2.75, 3.05) is 18.0 Å². The Morgan fingerprint density at radius 1 is 1.17 bits per heavy atom. The summed E-state index contributed by atoms with van der Waals surface area (Å²) in [7, 11) is 0. The van der Waals surface area contributed by atoms with Crippen molar-refractivity contribution in [2.24, 2.45) is 5.73 Å². The number of hydrogen-bond donors (Lipinski definition) is 1. The first kappa shape index (κ1) is 17.7. The van der Waals surface area contributed by atoms with Crippen molar-refractivity contribution in [1.29, 1.82) is 0 Å². The number of nitrogens with zero attached hydrogens (tertiary/aromatic N) is 3.